The Balaban J connectivity index is 2.32. The highest BCUT2D eigenvalue weighted by Gasteiger charge is 2.18. The maximum Gasteiger partial charge on any atom is 0.247 e. The third-order valence-corrected chi connectivity index (χ3v) is 4.33. The average Bonchev–Trinajstić information content (AvgIpc) is 2.68. The Kier molecular flexibility index (Phi) is 3.22. The maximum atomic E-state index is 6.03. The summed E-state index contributed by atoms with van der Waals surface area (Å²) in [5.41, 5.74) is 4.14. The van der Waals surface area contributed by atoms with Gasteiger partial charge in [0.1, 0.15) is 5.52 Å². The van der Waals surface area contributed by atoms with Crippen LogP contribution in [0.1, 0.15) is 11.3 Å². The van der Waals surface area contributed by atoms with Crippen molar-refractivity contribution in [2.75, 3.05) is 0 Å². The summed E-state index contributed by atoms with van der Waals surface area (Å²) >= 11 is 8.26. The van der Waals surface area contributed by atoms with Gasteiger partial charge in [0.25, 0.3) is 0 Å². The molecule has 0 unspecified atom stereocenters. The molecule has 0 saturated carbocycles. The Morgan fingerprint density at radius 1 is 1.16 bits per heavy atom. The number of halogens is 2. The second-order valence-corrected chi connectivity index (χ2v) is 5.75. The number of furan rings is 1. The number of hydrogen-bond donors (Lipinski definition) is 0. The molecule has 0 bridgehead atoms. The Labute approximate surface area is 129 Å². The lowest BCUT2D eigenvalue weighted by Crippen LogP contribution is -1.87. The predicted molar refractivity (Wildman–Crippen MR) is 84.4 cm³/mol. The summed E-state index contributed by atoms with van der Waals surface area (Å²) in [5, 5.41) is 0.419. The van der Waals surface area contributed by atoms with E-state index < -0.39 is 0 Å². The third-order valence-electron chi connectivity index (χ3n) is 2.98. The SMILES string of the molecule is Cc1ccccc1-c1oc2nc(C)c(Cl)nc2c1I. The number of fused-ring (bicyclic) bond motifs is 1. The van der Waals surface area contributed by atoms with E-state index in [-0.39, 0.29) is 0 Å². The monoisotopic (exact) mass is 384 g/mol. The summed E-state index contributed by atoms with van der Waals surface area (Å²) in [5.74, 6) is 0.801. The van der Waals surface area contributed by atoms with E-state index in [1.807, 2.05) is 25.1 Å². The maximum absolute atomic E-state index is 6.03. The van der Waals surface area contributed by atoms with Gasteiger partial charge in [-0.05, 0) is 42.0 Å². The van der Waals surface area contributed by atoms with Crippen LogP contribution in [-0.4, -0.2) is 9.97 Å². The minimum atomic E-state index is 0.419. The van der Waals surface area contributed by atoms with Gasteiger partial charge in [-0.15, -0.1) is 0 Å². The number of aryl methyl sites for hydroxylation is 2. The van der Waals surface area contributed by atoms with Crippen LogP contribution in [0, 0.1) is 17.4 Å². The molecule has 0 spiro atoms. The van der Waals surface area contributed by atoms with Crippen molar-refractivity contribution < 1.29 is 4.42 Å². The minimum Gasteiger partial charge on any atom is -0.435 e. The van der Waals surface area contributed by atoms with E-state index in [1.54, 1.807) is 0 Å². The lowest BCUT2D eigenvalue weighted by Gasteiger charge is -2.01. The standard InChI is InChI=1S/C14H10ClIN2O/c1-7-5-3-4-6-9(7)12-10(16)11-14(19-12)17-8(2)13(15)18-11/h3-6H,1-2H3. The molecule has 1 aromatic carbocycles. The minimum absolute atomic E-state index is 0.419. The van der Waals surface area contributed by atoms with Crippen LogP contribution in [0.5, 0.6) is 0 Å². The number of benzene rings is 1. The summed E-state index contributed by atoms with van der Waals surface area (Å²) in [6.07, 6.45) is 0. The van der Waals surface area contributed by atoms with Crippen molar-refractivity contribution in [3.63, 3.8) is 0 Å². The lowest BCUT2D eigenvalue weighted by molar-refractivity contribution is 0.614. The van der Waals surface area contributed by atoms with Crippen molar-refractivity contribution in [1.82, 2.24) is 9.97 Å². The highest BCUT2D eigenvalue weighted by Crippen LogP contribution is 2.35. The Morgan fingerprint density at radius 2 is 1.89 bits per heavy atom. The van der Waals surface area contributed by atoms with Gasteiger partial charge in [-0.1, -0.05) is 35.9 Å². The topological polar surface area (TPSA) is 38.9 Å². The molecular formula is C14H10ClIN2O. The van der Waals surface area contributed by atoms with Crippen molar-refractivity contribution in [1.29, 1.82) is 0 Å². The van der Waals surface area contributed by atoms with Crippen molar-refractivity contribution >= 4 is 45.4 Å². The third kappa shape index (κ3) is 2.12. The van der Waals surface area contributed by atoms with E-state index in [9.17, 15) is 0 Å². The fourth-order valence-corrected chi connectivity index (χ4v) is 2.82. The molecule has 0 fully saturated rings. The van der Waals surface area contributed by atoms with Crippen LogP contribution in [0.2, 0.25) is 5.15 Å². The first-order valence-corrected chi connectivity index (χ1v) is 7.21. The van der Waals surface area contributed by atoms with Gasteiger partial charge in [-0.25, -0.2) is 9.97 Å². The van der Waals surface area contributed by atoms with Gasteiger partial charge in [0.15, 0.2) is 10.9 Å². The fraction of sp³-hybridized carbons (Fsp3) is 0.143. The summed E-state index contributed by atoms with van der Waals surface area (Å²) < 4.78 is 6.80. The van der Waals surface area contributed by atoms with Crippen LogP contribution in [0.15, 0.2) is 28.7 Å². The second kappa shape index (κ2) is 4.76. The van der Waals surface area contributed by atoms with E-state index >= 15 is 0 Å². The first kappa shape index (κ1) is 12.9. The van der Waals surface area contributed by atoms with Crippen LogP contribution in [0.25, 0.3) is 22.6 Å². The molecule has 0 amide bonds. The molecular weight excluding hydrogens is 375 g/mol. The molecule has 0 aliphatic heterocycles. The van der Waals surface area contributed by atoms with Gasteiger partial charge in [0.05, 0.1) is 9.26 Å². The molecule has 0 aliphatic rings. The summed E-state index contributed by atoms with van der Waals surface area (Å²) in [6, 6.07) is 8.08. The van der Waals surface area contributed by atoms with E-state index in [2.05, 4.69) is 45.5 Å². The van der Waals surface area contributed by atoms with Gasteiger partial charge < -0.3 is 4.42 Å². The second-order valence-electron chi connectivity index (χ2n) is 4.31. The number of nitrogens with zero attached hydrogens (tertiary/aromatic N) is 2. The molecule has 0 N–H and O–H groups in total. The van der Waals surface area contributed by atoms with Gasteiger partial charge in [0.2, 0.25) is 5.71 Å². The van der Waals surface area contributed by atoms with E-state index in [1.165, 1.54) is 0 Å². The lowest BCUT2D eigenvalue weighted by atomic mass is 10.1. The molecule has 2 aromatic heterocycles. The summed E-state index contributed by atoms with van der Waals surface area (Å²) in [6.45, 7) is 3.87. The molecule has 3 nitrogen and oxygen atoms in total. The molecule has 19 heavy (non-hydrogen) atoms. The summed E-state index contributed by atoms with van der Waals surface area (Å²) in [4.78, 5) is 8.70. The predicted octanol–water partition coefficient (Wildman–Crippen LogP) is 4.76. The van der Waals surface area contributed by atoms with Gasteiger partial charge >= 0.3 is 0 Å². The van der Waals surface area contributed by atoms with Gasteiger partial charge in [0, 0.05) is 5.56 Å². The molecule has 3 rings (SSSR count). The largest absolute Gasteiger partial charge is 0.435 e. The van der Waals surface area contributed by atoms with Crippen LogP contribution in [-0.2, 0) is 0 Å². The number of rotatable bonds is 1. The Bertz CT molecular complexity index is 782. The van der Waals surface area contributed by atoms with E-state index in [0.717, 1.165) is 26.0 Å². The van der Waals surface area contributed by atoms with Crippen molar-refractivity contribution in [3.05, 3.63) is 44.2 Å². The molecule has 96 valence electrons. The molecule has 0 atom stereocenters. The first-order chi connectivity index (χ1) is 9.08. The quantitative estimate of drug-likeness (QED) is 0.568. The molecule has 5 heteroatoms. The van der Waals surface area contributed by atoms with Crippen molar-refractivity contribution in [2.24, 2.45) is 0 Å². The van der Waals surface area contributed by atoms with Crippen LogP contribution in [0.3, 0.4) is 0 Å². The van der Waals surface area contributed by atoms with Crippen LogP contribution < -0.4 is 0 Å². The molecule has 2 heterocycles. The zero-order chi connectivity index (χ0) is 13.6. The van der Waals surface area contributed by atoms with E-state index in [4.69, 9.17) is 16.0 Å². The molecule has 0 radical (unpaired) electrons. The van der Waals surface area contributed by atoms with Crippen LogP contribution in [0.4, 0.5) is 0 Å². The number of hydrogen-bond acceptors (Lipinski definition) is 3. The van der Waals surface area contributed by atoms with Crippen molar-refractivity contribution in [2.45, 2.75) is 13.8 Å². The number of aromatic nitrogens is 2. The molecule has 0 aliphatic carbocycles. The Hall–Kier alpha value is -1.14. The van der Waals surface area contributed by atoms with Gasteiger partial charge in [-0.2, -0.15) is 0 Å². The Morgan fingerprint density at radius 3 is 2.63 bits per heavy atom. The highest BCUT2D eigenvalue weighted by molar-refractivity contribution is 14.1. The smallest absolute Gasteiger partial charge is 0.247 e. The fourth-order valence-electron chi connectivity index (χ4n) is 1.94. The van der Waals surface area contributed by atoms with Crippen molar-refractivity contribution in [3.8, 4) is 11.3 Å². The van der Waals surface area contributed by atoms with Crippen LogP contribution >= 0.6 is 34.2 Å². The van der Waals surface area contributed by atoms with E-state index in [0.29, 0.717) is 16.6 Å². The molecule has 3 aromatic rings. The average molecular weight is 385 g/mol. The highest BCUT2D eigenvalue weighted by atomic mass is 127. The zero-order valence-corrected chi connectivity index (χ0v) is 13.3. The van der Waals surface area contributed by atoms with Gasteiger partial charge in [-0.3, -0.25) is 0 Å². The molecule has 0 saturated heterocycles. The summed E-state index contributed by atoms with van der Waals surface area (Å²) in [7, 11) is 0. The first-order valence-electron chi connectivity index (χ1n) is 5.76. The zero-order valence-electron chi connectivity index (χ0n) is 10.4. The normalized spacial score (nSPS) is 11.2.